The third kappa shape index (κ3) is 3.41. The molecule has 1 aliphatic rings. The van der Waals surface area contributed by atoms with Crippen LogP contribution in [0.2, 0.25) is 0 Å². The van der Waals surface area contributed by atoms with Crippen molar-refractivity contribution in [2.75, 3.05) is 24.6 Å². The average Bonchev–Trinajstić information content (AvgIpc) is 3.01. The summed E-state index contributed by atoms with van der Waals surface area (Å²) in [4.78, 5) is 2.18. The highest BCUT2D eigenvalue weighted by molar-refractivity contribution is 7.91. The van der Waals surface area contributed by atoms with Crippen LogP contribution in [0, 0.1) is 12.8 Å². The molecule has 7 heteroatoms. The van der Waals surface area contributed by atoms with Gasteiger partial charge in [0.15, 0.2) is 15.6 Å². The molecule has 0 radical (unpaired) electrons. The molecular weight excluding hydrogens is 302 g/mol. The van der Waals surface area contributed by atoms with E-state index in [0.717, 1.165) is 29.3 Å². The summed E-state index contributed by atoms with van der Waals surface area (Å²) in [7, 11) is -2.92. The number of sulfone groups is 1. The third-order valence-electron chi connectivity index (χ3n) is 3.93. The van der Waals surface area contributed by atoms with Crippen LogP contribution in [0.15, 0.2) is 22.7 Å². The fourth-order valence-electron chi connectivity index (χ4n) is 2.97. The summed E-state index contributed by atoms with van der Waals surface area (Å²) in [6.45, 7) is 5.91. The van der Waals surface area contributed by atoms with Gasteiger partial charge >= 0.3 is 0 Å². The number of aromatic amines is 1. The molecule has 0 spiro atoms. The summed E-state index contributed by atoms with van der Waals surface area (Å²) in [5.74, 6) is 2.27. The lowest BCUT2D eigenvalue weighted by Gasteiger charge is -2.21. The summed E-state index contributed by atoms with van der Waals surface area (Å²) >= 11 is 0. The first-order valence-electron chi connectivity index (χ1n) is 7.45. The molecule has 6 nitrogen and oxygen atoms in total. The zero-order chi connectivity index (χ0) is 15.7. The Kier molecular flexibility index (Phi) is 4.10. The molecule has 1 N–H and O–H groups in total. The maximum absolute atomic E-state index is 11.9. The Hall–Kier alpha value is -1.60. The lowest BCUT2D eigenvalue weighted by Crippen LogP contribution is -2.28. The van der Waals surface area contributed by atoms with Gasteiger partial charge in [-0.15, -0.1) is 0 Å². The first-order valence-corrected chi connectivity index (χ1v) is 9.27. The Morgan fingerprint density at radius 1 is 1.45 bits per heavy atom. The molecule has 0 aliphatic carbocycles. The molecule has 1 atom stereocenters. The molecule has 1 saturated heterocycles. The highest BCUT2D eigenvalue weighted by Gasteiger charge is 2.25. The van der Waals surface area contributed by atoms with Crippen molar-refractivity contribution in [2.45, 2.75) is 20.4 Å². The second kappa shape index (κ2) is 5.89. The van der Waals surface area contributed by atoms with E-state index in [2.05, 4.69) is 15.1 Å². The maximum atomic E-state index is 11.9. The van der Waals surface area contributed by atoms with Gasteiger partial charge in [-0.1, -0.05) is 6.92 Å². The smallest absolute Gasteiger partial charge is 0.152 e. The molecule has 2 aromatic rings. The highest BCUT2D eigenvalue weighted by atomic mass is 32.2. The summed E-state index contributed by atoms with van der Waals surface area (Å²) < 4.78 is 29.4. The van der Waals surface area contributed by atoms with Crippen molar-refractivity contribution in [3.05, 3.63) is 29.7 Å². The van der Waals surface area contributed by atoms with E-state index in [1.54, 1.807) is 6.20 Å². The van der Waals surface area contributed by atoms with Crippen molar-refractivity contribution in [1.82, 2.24) is 15.1 Å². The maximum Gasteiger partial charge on any atom is 0.152 e. The van der Waals surface area contributed by atoms with E-state index < -0.39 is 9.84 Å². The molecule has 0 amide bonds. The number of nitrogens with zero attached hydrogens (tertiary/aromatic N) is 2. The monoisotopic (exact) mass is 323 g/mol. The Morgan fingerprint density at radius 3 is 3.00 bits per heavy atom. The summed E-state index contributed by atoms with van der Waals surface area (Å²) in [5, 5.41) is 7.09. The van der Waals surface area contributed by atoms with E-state index in [1.165, 1.54) is 0 Å². The molecule has 0 saturated carbocycles. The van der Waals surface area contributed by atoms with Gasteiger partial charge in [-0.25, -0.2) is 8.42 Å². The summed E-state index contributed by atoms with van der Waals surface area (Å²) in [6.07, 6.45) is 1.79. The fraction of sp³-hybridized carbons (Fsp3) is 0.533. The first-order chi connectivity index (χ1) is 10.4. The third-order valence-corrected chi connectivity index (χ3v) is 5.81. The van der Waals surface area contributed by atoms with Crippen LogP contribution in [0.25, 0.3) is 11.5 Å². The molecule has 3 heterocycles. The van der Waals surface area contributed by atoms with Gasteiger partial charge in [-0.3, -0.25) is 10.00 Å². The summed E-state index contributed by atoms with van der Waals surface area (Å²) in [5.41, 5.74) is 1.90. The molecule has 1 aliphatic heterocycles. The largest absolute Gasteiger partial charge is 0.460 e. The Labute approximate surface area is 130 Å². The van der Waals surface area contributed by atoms with Gasteiger partial charge < -0.3 is 4.42 Å². The lowest BCUT2D eigenvalue weighted by atomic mass is 10.1. The van der Waals surface area contributed by atoms with Crippen LogP contribution >= 0.6 is 0 Å². The Bertz CT molecular complexity index is 748. The predicted octanol–water partition coefficient (Wildman–Crippen LogP) is 1.84. The van der Waals surface area contributed by atoms with Crippen LogP contribution in [0.1, 0.15) is 18.2 Å². The minimum Gasteiger partial charge on any atom is -0.460 e. The number of H-pyrrole nitrogens is 1. The van der Waals surface area contributed by atoms with Crippen LogP contribution in [-0.2, 0) is 16.4 Å². The van der Waals surface area contributed by atoms with Gasteiger partial charge in [0.25, 0.3) is 0 Å². The standard InChI is InChI=1S/C15H21N3O3S/c1-11-8-18(5-6-22(19,20)10-11)9-13-7-16-17-15(13)14-4-3-12(2)21-14/h3-4,7,11H,5-6,8-10H2,1-2H3,(H,16,17). The normalized spacial score (nSPS) is 22.5. The number of aromatic nitrogens is 2. The SMILES string of the molecule is Cc1ccc(-c2[nH]ncc2CN2CCS(=O)(=O)CC(C)C2)o1. The number of furan rings is 1. The molecule has 3 rings (SSSR count). The lowest BCUT2D eigenvalue weighted by molar-refractivity contribution is 0.257. The van der Waals surface area contributed by atoms with Crippen molar-refractivity contribution in [2.24, 2.45) is 5.92 Å². The van der Waals surface area contributed by atoms with Crippen LogP contribution in [-0.4, -0.2) is 48.1 Å². The van der Waals surface area contributed by atoms with E-state index >= 15 is 0 Å². The number of rotatable bonds is 3. The zero-order valence-electron chi connectivity index (χ0n) is 12.9. The molecule has 0 aromatic carbocycles. The van der Waals surface area contributed by atoms with Crippen molar-refractivity contribution in [3.63, 3.8) is 0 Å². The topological polar surface area (TPSA) is 79.2 Å². The Balaban J connectivity index is 1.78. The molecular formula is C15H21N3O3S. The fourth-order valence-corrected chi connectivity index (χ4v) is 4.64. The van der Waals surface area contributed by atoms with E-state index in [-0.39, 0.29) is 17.4 Å². The minimum atomic E-state index is -2.92. The van der Waals surface area contributed by atoms with Crippen molar-refractivity contribution in [1.29, 1.82) is 0 Å². The second-order valence-electron chi connectivity index (χ2n) is 6.14. The van der Waals surface area contributed by atoms with Gasteiger partial charge in [0.05, 0.1) is 17.7 Å². The second-order valence-corrected chi connectivity index (χ2v) is 8.36. The minimum absolute atomic E-state index is 0.147. The molecule has 22 heavy (non-hydrogen) atoms. The molecule has 2 aromatic heterocycles. The van der Waals surface area contributed by atoms with E-state index in [9.17, 15) is 8.42 Å². The zero-order valence-corrected chi connectivity index (χ0v) is 13.7. The van der Waals surface area contributed by atoms with E-state index in [4.69, 9.17) is 4.42 Å². The van der Waals surface area contributed by atoms with Crippen molar-refractivity contribution >= 4 is 9.84 Å². The van der Waals surface area contributed by atoms with Gasteiger partial charge in [0.2, 0.25) is 0 Å². The number of hydrogen-bond donors (Lipinski definition) is 1. The summed E-state index contributed by atoms with van der Waals surface area (Å²) in [6, 6.07) is 3.84. The molecule has 1 fully saturated rings. The van der Waals surface area contributed by atoms with Crippen LogP contribution in [0.5, 0.6) is 0 Å². The van der Waals surface area contributed by atoms with Crippen LogP contribution in [0.3, 0.4) is 0 Å². The molecule has 0 bridgehead atoms. The van der Waals surface area contributed by atoms with Crippen LogP contribution in [0.4, 0.5) is 0 Å². The van der Waals surface area contributed by atoms with Gasteiger partial charge in [-0.2, -0.15) is 5.10 Å². The number of hydrogen-bond acceptors (Lipinski definition) is 5. The average molecular weight is 323 g/mol. The first kappa shape index (κ1) is 15.3. The molecule has 1 unspecified atom stereocenters. The van der Waals surface area contributed by atoms with Gasteiger partial charge in [0.1, 0.15) is 11.5 Å². The number of nitrogens with one attached hydrogen (secondary N) is 1. The highest BCUT2D eigenvalue weighted by Crippen LogP contribution is 2.25. The van der Waals surface area contributed by atoms with E-state index in [1.807, 2.05) is 26.0 Å². The van der Waals surface area contributed by atoms with E-state index in [0.29, 0.717) is 13.1 Å². The quantitative estimate of drug-likeness (QED) is 0.932. The Morgan fingerprint density at radius 2 is 2.27 bits per heavy atom. The van der Waals surface area contributed by atoms with Gasteiger partial charge in [0, 0.05) is 25.2 Å². The number of aryl methyl sites for hydroxylation is 1. The van der Waals surface area contributed by atoms with Crippen molar-refractivity contribution < 1.29 is 12.8 Å². The van der Waals surface area contributed by atoms with Crippen LogP contribution < -0.4 is 0 Å². The van der Waals surface area contributed by atoms with Gasteiger partial charge in [-0.05, 0) is 25.0 Å². The predicted molar refractivity (Wildman–Crippen MR) is 84.1 cm³/mol. The molecule has 120 valence electrons. The van der Waals surface area contributed by atoms with Crippen molar-refractivity contribution in [3.8, 4) is 11.5 Å².